The second-order valence-electron chi connectivity index (χ2n) is 3.94. The Morgan fingerprint density at radius 3 is 1.96 bits per heavy atom. The van der Waals surface area contributed by atoms with Gasteiger partial charge in [-0.1, -0.05) is 0 Å². The molecule has 0 spiro atoms. The predicted octanol–water partition coefficient (Wildman–Crippen LogP) is -0.0822. The summed E-state index contributed by atoms with van der Waals surface area (Å²) in [5.41, 5.74) is 14.7. The van der Waals surface area contributed by atoms with Gasteiger partial charge in [-0.2, -0.15) is 5.26 Å². The molecule has 1 aromatic heterocycles. The molecule has 1 saturated heterocycles. The zero-order chi connectivity index (χ0) is 17.8. The van der Waals surface area contributed by atoms with Crippen molar-refractivity contribution >= 4 is 51.7 Å². The highest BCUT2D eigenvalue weighted by Crippen LogP contribution is 2.26. The monoisotopic (exact) mass is 378 g/mol. The van der Waals surface area contributed by atoms with Crippen molar-refractivity contribution in [3.8, 4) is 6.07 Å². The quantitative estimate of drug-likeness (QED) is 0.474. The fraction of sp³-hybridized carbons (Fsp3) is 0.417. The Kier molecular flexibility index (Phi) is 11.3. The topological polar surface area (TPSA) is 176 Å². The van der Waals surface area contributed by atoms with Crippen molar-refractivity contribution in [2.24, 2.45) is 11.5 Å². The molecule has 2 heterocycles. The van der Waals surface area contributed by atoms with Gasteiger partial charge in [0, 0.05) is 11.5 Å². The molecule has 0 radical (unpaired) electrons. The van der Waals surface area contributed by atoms with Gasteiger partial charge in [0.2, 0.25) is 5.91 Å². The van der Waals surface area contributed by atoms with Gasteiger partial charge in [0.05, 0.1) is 16.6 Å². The number of carbonyl (C=O) groups is 2. The van der Waals surface area contributed by atoms with Crippen LogP contribution in [0.25, 0.3) is 0 Å². The van der Waals surface area contributed by atoms with Crippen LogP contribution < -0.4 is 17.2 Å². The molecule has 1 aliphatic rings. The maximum absolute atomic E-state index is 10.4. The Morgan fingerprint density at radius 1 is 1.26 bits per heavy atom. The van der Waals surface area contributed by atoms with E-state index in [1.165, 1.54) is 34.9 Å². The summed E-state index contributed by atoms with van der Waals surface area (Å²) in [4.78, 5) is 20.0. The van der Waals surface area contributed by atoms with Crippen LogP contribution in [0.2, 0.25) is 0 Å². The van der Waals surface area contributed by atoms with Crippen molar-refractivity contribution in [3.63, 3.8) is 0 Å². The molecule has 0 bridgehead atoms. The minimum absolute atomic E-state index is 0.181. The molecular formula is C12H18N4O4S3. The van der Waals surface area contributed by atoms with E-state index in [1.54, 1.807) is 17.5 Å². The average molecular weight is 379 g/mol. The second kappa shape index (κ2) is 12.0. The molecule has 2 unspecified atom stereocenters. The van der Waals surface area contributed by atoms with E-state index in [1.807, 2.05) is 0 Å². The molecule has 1 fully saturated rings. The molecule has 0 saturated carbocycles. The molecule has 11 heteroatoms. The number of aliphatic hydroxyl groups is 2. The number of nitriles is 1. The normalized spacial score (nSPS) is 19.2. The summed E-state index contributed by atoms with van der Waals surface area (Å²) in [5, 5.41) is 27.6. The fourth-order valence-electron chi connectivity index (χ4n) is 1.09. The molecule has 8 N–H and O–H groups in total. The zero-order valence-corrected chi connectivity index (χ0v) is 14.5. The molecule has 0 aromatic carbocycles. The third-order valence-corrected chi connectivity index (χ3v) is 5.36. The van der Waals surface area contributed by atoms with E-state index >= 15 is 0 Å². The first-order valence-corrected chi connectivity index (χ1v) is 9.13. The smallest absolute Gasteiger partial charge is 0.251 e. The number of nitrogen functional groups attached to an aromatic ring is 1. The number of nitrogens with zero attached hydrogens (tertiary/aromatic N) is 1. The number of primary amides is 2. The predicted molar refractivity (Wildman–Crippen MR) is 93.6 cm³/mol. The van der Waals surface area contributed by atoms with Crippen molar-refractivity contribution in [2.75, 3.05) is 17.2 Å². The minimum atomic E-state index is -0.572. The van der Waals surface area contributed by atoms with Crippen LogP contribution in [0.15, 0.2) is 11.4 Å². The molecule has 2 rings (SSSR count). The lowest BCUT2D eigenvalue weighted by atomic mass is 10.3. The van der Waals surface area contributed by atoms with Gasteiger partial charge >= 0.3 is 0 Å². The van der Waals surface area contributed by atoms with Crippen molar-refractivity contribution in [2.45, 2.75) is 17.3 Å². The highest BCUT2D eigenvalue weighted by atomic mass is 32.2. The SMILES string of the molecule is N#CCC(N)=O.NC(=O)c1ccsc1N.OC1CSC(O)CS1. The van der Waals surface area contributed by atoms with Crippen molar-refractivity contribution in [1.82, 2.24) is 0 Å². The van der Waals surface area contributed by atoms with E-state index in [9.17, 15) is 9.59 Å². The fourth-order valence-corrected chi connectivity index (χ4v) is 3.75. The van der Waals surface area contributed by atoms with Gasteiger partial charge < -0.3 is 27.4 Å². The third-order valence-electron chi connectivity index (χ3n) is 2.08. The van der Waals surface area contributed by atoms with Crippen LogP contribution in [0.3, 0.4) is 0 Å². The largest absolute Gasteiger partial charge is 0.390 e. The molecule has 2 atom stereocenters. The number of rotatable bonds is 2. The molecule has 128 valence electrons. The first-order chi connectivity index (χ1) is 10.8. The van der Waals surface area contributed by atoms with Gasteiger partial charge in [-0.15, -0.1) is 34.9 Å². The number of anilines is 1. The summed E-state index contributed by atoms with van der Waals surface area (Å²) in [6.45, 7) is 0. The lowest BCUT2D eigenvalue weighted by molar-refractivity contribution is -0.117. The minimum Gasteiger partial charge on any atom is -0.390 e. The first kappa shape index (κ1) is 21.6. The maximum atomic E-state index is 10.4. The van der Waals surface area contributed by atoms with Crippen molar-refractivity contribution in [1.29, 1.82) is 5.26 Å². The van der Waals surface area contributed by atoms with Gasteiger partial charge in [-0.25, -0.2) is 0 Å². The Balaban J connectivity index is 0.000000323. The number of nitrogens with two attached hydrogens (primary N) is 3. The van der Waals surface area contributed by atoms with Gasteiger partial charge in [-0.05, 0) is 11.4 Å². The van der Waals surface area contributed by atoms with Crippen LogP contribution >= 0.6 is 34.9 Å². The van der Waals surface area contributed by atoms with Gasteiger partial charge in [-0.3, -0.25) is 9.59 Å². The number of hydrogen-bond acceptors (Lipinski definition) is 9. The van der Waals surface area contributed by atoms with Crippen LogP contribution in [-0.4, -0.2) is 44.4 Å². The summed E-state index contributed by atoms with van der Waals surface area (Å²) >= 11 is 4.13. The standard InChI is InChI=1S/C5H6N2OS.C4H8O2S2.C3H4N2O/c6-4(8)3-1-2-9-5(3)7;5-3-1-7-4(6)2-8-3;4-2-1-3(5)6/h1-2H,7H2,(H2,6,8);3-6H,1-2H2;1H2,(H2,5,6). The Morgan fingerprint density at radius 2 is 1.78 bits per heavy atom. The number of amides is 2. The summed E-state index contributed by atoms with van der Waals surface area (Å²) in [5.74, 6) is 0.281. The lowest BCUT2D eigenvalue weighted by Crippen LogP contribution is -2.19. The van der Waals surface area contributed by atoms with Crippen LogP contribution in [0, 0.1) is 11.3 Å². The van der Waals surface area contributed by atoms with Crippen LogP contribution in [0.1, 0.15) is 16.8 Å². The maximum Gasteiger partial charge on any atom is 0.251 e. The summed E-state index contributed by atoms with van der Waals surface area (Å²) in [6.07, 6.45) is -0.181. The number of thioether (sulfide) groups is 2. The van der Waals surface area contributed by atoms with Crippen LogP contribution in [0.5, 0.6) is 0 Å². The molecule has 2 amide bonds. The average Bonchev–Trinajstić information content (AvgIpc) is 2.90. The molecule has 23 heavy (non-hydrogen) atoms. The van der Waals surface area contributed by atoms with Gasteiger partial charge in [0.25, 0.3) is 5.91 Å². The molecule has 1 aliphatic heterocycles. The number of hydrogen-bond donors (Lipinski definition) is 5. The summed E-state index contributed by atoms with van der Waals surface area (Å²) in [7, 11) is 0. The number of aliphatic hydroxyl groups excluding tert-OH is 2. The third kappa shape index (κ3) is 10.8. The lowest BCUT2D eigenvalue weighted by Gasteiger charge is -2.19. The highest BCUT2D eigenvalue weighted by Gasteiger charge is 2.17. The Labute approximate surface area is 146 Å². The second-order valence-corrected chi connectivity index (χ2v) is 7.31. The number of carbonyl (C=O) groups excluding carboxylic acids is 2. The molecule has 0 aliphatic carbocycles. The van der Waals surface area contributed by atoms with E-state index in [0.29, 0.717) is 22.1 Å². The van der Waals surface area contributed by atoms with E-state index < -0.39 is 11.8 Å². The first-order valence-electron chi connectivity index (χ1n) is 6.15. The van der Waals surface area contributed by atoms with Gasteiger partial charge in [0.1, 0.15) is 17.3 Å². The molecule has 1 aromatic rings. The Hall–Kier alpha value is -1.45. The van der Waals surface area contributed by atoms with E-state index in [2.05, 4.69) is 5.73 Å². The van der Waals surface area contributed by atoms with Gasteiger partial charge in [0.15, 0.2) is 0 Å². The zero-order valence-electron chi connectivity index (χ0n) is 12.0. The van der Waals surface area contributed by atoms with E-state index in [4.69, 9.17) is 26.9 Å². The van der Waals surface area contributed by atoms with Crippen LogP contribution in [-0.2, 0) is 4.79 Å². The summed E-state index contributed by atoms with van der Waals surface area (Å²) in [6, 6.07) is 3.21. The molecular weight excluding hydrogens is 360 g/mol. The molecule has 8 nitrogen and oxygen atoms in total. The Bertz CT molecular complexity index is 529. The van der Waals surface area contributed by atoms with E-state index in [0.717, 1.165) is 0 Å². The highest BCUT2D eigenvalue weighted by molar-refractivity contribution is 8.06. The van der Waals surface area contributed by atoms with Crippen molar-refractivity contribution < 1.29 is 19.8 Å². The van der Waals surface area contributed by atoms with Crippen LogP contribution in [0.4, 0.5) is 5.00 Å². The summed E-state index contributed by atoms with van der Waals surface area (Å²) < 4.78 is 0. The van der Waals surface area contributed by atoms with E-state index in [-0.39, 0.29) is 17.3 Å². The number of thiophene rings is 1. The van der Waals surface area contributed by atoms with Crippen molar-refractivity contribution in [3.05, 3.63) is 17.0 Å².